The molecule has 1 unspecified atom stereocenters. The third-order valence-corrected chi connectivity index (χ3v) is 6.91. The molecule has 1 saturated heterocycles. The lowest BCUT2D eigenvalue weighted by Crippen LogP contribution is -2.64. The van der Waals surface area contributed by atoms with Gasteiger partial charge < -0.3 is 80.8 Å². The van der Waals surface area contributed by atoms with Gasteiger partial charge in [0.05, 0.1) is 19.3 Å². The maximum Gasteiger partial charge on any atom is 0.316 e. The quantitative estimate of drug-likeness (QED) is 0.0950. The predicted molar refractivity (Wildman–Crippen MR) is 164 cm³/mol. The molecule has 0 bridgehead atoms. The molecular weight excluding hydrogens is 642 g/mol. The van der Waals surface area contributed by atoms with E-state index in [2.05, 4.69) is 42.2 Å². The Kier molecular flexibility index (Phi) is 15.4. The van der Waals surface area contributed by atoms with Crippen molar-refractivity contribution >= 4 is 47.4 Å². The number of amides is 8. The molecule has 0 aromatic rings. The third kappa shape index (κ3) is 12.3. The van der Waals surface area contributed by atoms with Crippen LogP contribution in [0.25, 0.3) is 0 Å². The Morgan fingerprint density at radius 2 is 1.62 bits per heavy atom. The molecule has 2 aliphatic rings. The molecule has 19 N–H and O–H groups in total. The van der Waals surface area contributed by atoms with Crippen LogP contribution >= 0.6 is 0 Å². The van der Waals surface area contributed by atoms with Crippen molar-refractivity contribution in [3.05, 3.63) is 11.9 Å². The summed E-state index contributed by atoms with van der Waals surface area (Å²) in [5.41, 5.74) is 21.5. The van der Waals surface area contributed by atoms with Crippen LogP contribution in [0.4, 0.5) is 4.79 Å². The van der Waals surface area contributed by atoms with Gasteiger partial charge in [-0.25, -0.2) is 9.79 Å². The zero-order valence-electron chi connectivity index (χ0n) is 25.7. The lowest BCUT2D eigenvalue weighted by Gasteiger charge is -2.33. The fraction of sp³-hybridized carbons (Fsp3) is 0.600. The SMILES string of the molecule is NCCC[C@@H](N)CC(=O)N[C@@H]1CNC(=O)[C@@H](C2C[C@H](O)N=C(N)N2)NC(=O)/C(=C/NC(N)=O)NC(=O)[C@H](CO)NC(=O)[C@@H](CO)NC1=O. The van der Waals surface area contributed by atoms with E-state index in [9.17, 15) is 48.9 Å². The first-order valence-electron chi connectivity index (χ1n) is 14.7. The molecule has 23 heteroatoms. The summed E-state index contributed by atoms with van der Waals surface area (Å²) in [6.07, 6.45) is -0.339. The summed E-state index contributed by atoms with van der Waals surface area (Å²) in [4.78, 5) is 94.0. The Morgan fingerprint density at radius 3 is 2.23 bits per heavy atom. The molecule has 0 aromatic heterocycles. The smallest absolute Gasteiger partial charge is 0.316 e. The largest absolute Gasteiger partial charge is 0.394 e. The monoisotopic (exact) mass is 685 g/mol. The molecule has 0 saturated carbocycles. The number of guanidine groups is 1. The van der Waals surface area contributed by atoms with E-state index in [0.29, 0.717) is 25.6 Å². The van der Waals surface area contributed by atoms with Crippen molar-refractivity contribution in [2.75, 3.05) is 26.3 Å². The zero-order chi connectivity index (χ0) is 36.0. The summed E-state index contributed by atoms with van der Waals surface area (Å²) in [6.45, 7) is -2.36. The van der Waals surface area contributed by atoms with Crippen molar-refractivity contribution in [3.8, 4) is 0 Å². The lowest BCUT2D eigenvalue weighted by molar-refractivity contribution is -0.135. The number of nitrogens with two attached hydrogens (primary N) is 4. The van der Waals surface area contributed by atoms with Gasteiger partial charge >= 0.3 is 6.03 Å². The summed E-state index contributed by atoms with van der Waals surface area (Å²) in [5.74, 6) is -6.65. The van der Waals surface area contributed by atoms with Crippen LogP contribution in [-0.4, -0.2) is 132 Å². The number of nitrogens with one attached hydrogen (secondary N) is 8. The number of rotatable bonds is 10. The number of aliphatic hydroxyl groups is 3. The fourth-order valence-electron chi connectivity index (χ4n) is 4.46. The van der Waals surface area contributed by atoms with Crippen molar-refractivity contribution in [3.63, 3.8) is 0 Å². The topological polar surface area (TPSA) is 393 Å². The number of aliphatic imine (C=N–C) groups is 1. The maximum absolute atomic E-state index is 13.6. The van der Waals surface area contributed by atoms with Gasteiger partial charge in [0.15, 0.2) is 12.2 Å². The molecule has 48 heavy (non-hydrogen) atoms. The van der Waals surface area contributed by atoms with Crippen LogP contribution in [0.15, 0.2) is 16.9 Å². The van der Waals surface area contributed by atoms with Crippen LogP contribution < -0.4 is 65.5 Å². The van der Waals surface area contributed by atoms with Gasteiger partial charge in [0.1, 0.15) is 29.9 Å². The Morgan fingerprint density at radius 1 is 0.979 bits per heavy atom. The average Bonchev–Trinajstić information content (AvgIpc) is 3.02. The van der Waals surface area contributed by atoms with Gasteiger partial charge in [0, 0.05) is 31.6 Å². The van der Waals surface area contributed by atoms with Gasteiger partial charge in [-0.1, -0.05) is 0 Å². The summed E-state index contributed by atoms with van der Waals surface area (Å²) in [6, 6.07) is -9.66. The lowest BCUT2D eigenvalue weighted by atomic mass is 10.0. The molecule has 23 nitrogen and oxygen atoms in total. The van der Waals surface area contributed by atoms with E-state index >= 15 is 0 Å². The number of aliphatic hydroxyl groups excluding tert-OH is 3. The number of nitrogens with zero attached hydrogens (tertiary/aromatic N) is 1. The van der Waals surface area contributed by atoms with E-state index in [4.69, 9.17) is 22.9 Å². The highest BCUT2D eigenvalue weighted by molar-refractivity contribution is 6.02. The predicted octanol–water partition coefficient (Wildman–Crippen LogP) is -8.88. The highest BCUT2D eigenvalue weighted by Crippen LogP contribution is 2.11. The number of hydrogen-bond donors (Lipinski definition) is 15. The van der Waals surface area contributed by atoms with Gasteiger partial charge in [-0.3, -0.25) is 28.8 Å². The van der Waals surface area contributed by atoms with Gasteiger partial charge in [-0.05, 0) is 19.4 Å². The van der Waals surface area contributed by atoms with Gasteiger partial charge in [0.25, 0.3) is 5.91 Å². The Bertz CT molecular complexity index is 1280. The standard InChI is InChI=1S/C25H43N13O10/c26-3-1-2-10(27)4-16(41)32-12-6-30-23(47)18(11-5-17(42)37-24(28)36-11)38-20(44)13(7-31-25(29)48)33-21(45)14(8-39)35-22(46)15(9-40)34-19(12)43/h7,10-12,14-15,17-18,39-40,42H,1-6,8-9,26-27H2,(H,30,47)(H,32,41)(H,33,45)(H,34,43)(H,35,46)(H,38,44)(H3,28,36,37)(H3,29,31,48)/b13-7-/t10-,11?,12-,14+,15-,17+,18-/m1/s1. The molecule has 2 heterocycles. The number of carbonyl (C=O) groups excluding carboxylic acids is 7. The van der Waals surface area contributed by atoms with E-state index in [-0.39, 0.29) is 18.8 Å². The number of carbonyl (C=O) groups is 7. The van der Waals surface area contributed by atoms with Crippen LogP contribution in [0.1, 0.15) is 25.7 Å². The van der Waals surface area contributed by atoms with Crippen LogP contribution in [0.2, 0.25) is 0 Å². The van der Waals surface area contributed by atoms with E-state index in [1.807, 2.05) is 5.32 Å². The van der Waals surface area contributed by atoms with Crippen LogP contribution in [-0.2, 0) is 28.8 Å². The molecule has 0 spiro atoms. The van der Waals surface area contributed by atoms with E-state index in [0.717, 1.165) is 0 Å². The molecule has 8 amide bonds. The summed E-state index contributed by atoms with van der Waals surface area (Å²) >= 11 is 0. The second kappa shape index (κ2) is 18.9. The third-order valence-electron chi connectivity index (χ3n) is 6.91. The summed E-state index contributed by atoms with van der Waals surface area (Å²) < 4.78 is 0. The minimum atomic E-state index is -1.78. The molecule has 268 valence electrons. The number of primary amides is 1. The van der Waals surface area contributed by atoms with Crippen molar-refractivity contribution in [2.24, 2.45) is 27.9 Å². The molecule has 0 radical (unpaired) electrons. The van der Waals surface area contributed by atoms with Crippen LogP contribution in [0.5, 0.6) is 0 Å². The second-order valence-corrected chi connectivity index (χ2v) is 10.7. The minimum absolute atomic E-state index is 0.245. The van der Waals surface area contributed by atoms with Crippen LogP contribution in [0, 0.1) is 0 Å². The molecular formula is C25H43N13O10. The number of urea groups is 1. The summed E-state index contributed by atoms with van der Waals surface area (Å²) in [5, 5.41) is 47.9. The molecule has 0 aliphatic carbocycles. The van der Waals surface area contributed by atoms with Crippen molar-refractivity contribution < 1.29 is 48.9 Å². The first-order chi connectivity index (χ1) is 22.7. The maximum atomic E-state index is 13.6. The highest BCUT2D eigenvalue weighted by atomic mass is 16.3. The molecule has 0 aromatic carbocycles. The van der Waals surface area contributed by atoms with Crippen molar-refractivity contribution in [2.45, 2.75) is 68.2 Å². The van der Waals surface area contributed by atoms with Crippen LogP contribution in [0.3, 0.4) is 0 Å². The number of hydrogen-bond acceptors (Lipinski definition) is 15. The van der Waals surface area contributed by atoms with E-state index < -0.39 is 109 Å². The first kappa shape index (κ1) is 39.1. The Labute approximate surface area is 273 Å². The molecule has 2 rings (SSSR count). The second-order valence-electron chi connectivity index (χ2n) is 10.7. The normalized spacial score (nSPS) is 27.6. The molecule has 1 fully saturated rings. The average molecular weight is 686 g/mol. The Hall–Kier alpha value is -5.10. The van der Waals surface area contributed by atoms with Crippen molar-refractivity contribution in [1.82, 2.24) is 42.5 Å². The van der Waals surface area contributed by atoms with Crippen molar-refractivity contribution in [1.29, 1.82) is 0 Å². The van der Waals surface area contributed by atoms with Gasteiger partial charge in [-0.2, -0.15) is 0 Å². The zero-order valence-corrected chi connectivity index (χ0v) is 25.7. The fourth-order valence-corrected chi connectivity index (χ4v) is 4.46. The van der Waals surface area contributed by atoms with E-state index in [1.165, 1.54) is 0 Å². The van der Waals surface area contributed by atoms with Gasteiger partial charge in [0.2, 0.25) is 29.5 Å². The Balaban J connectivity index is 2.54. The molecule has 7 atom stereocenters. The van der Waals surface area contributed by atoms with Gasteiger partial charge in [-0.15, -0.1) is 0 Å². The minimum Gasteiger partial charge on any atom is -0.394 e. The molecule has 2 aliphatic heterocycles. The highest BCUT2D eigenvalue weighted by Gasteiger charge is 2.37. The van der Waals surface area contributed by atoms with E-state index in [1.54, 1.807) is 0 Å². The first-order valence-corrected chi connectivity index (χ1v) is 14.7. The summed E-state index contributed by atoms with van der Waals surface area (Å²) in [7, 11) is 0.